The topological polar surface area (TPSA) is 97.5 Å². The first-order valence-corrected chi connectivity index (χ1v) is 8.43. The molecule has 1 aliphatic heterocycles. The first kappa shape index (κ1) is 13.5. The van der Waals surface area contributed by atoms with Crippen molar-refractivity contribution >= 4 is 20.0 Å². The van der Waals surface area contributed by atoms with E-state index < -0.39 is 20.0 Å². The van der Waals surface area contributed by atoms with Crippen LogP contribution in [0.25, 0.3) is 0 Å². The summed E-state index contributed by atoms with van der Waals surface area (Å²) in [5, 5.41) is 4.99. The molecule has 2 rings (SSSR count). The molecule has 1 fully saturated rings. The molecule has 1 saturated heterocycles. The van der Waals surface area contributed by atoms with Crippen molar-refractivity contribution in [2.24, 2.45) is 5.14 Å². The summed E-state index contributed by atoms with van der Waals surface area (Å²) in [4.78, 5) is -0.223. The molecule has 1 aliphatic rings. The average Bonchev–Trinajstić information content (AvgIpc) is 2.82. The van der Waals surface area contributed by atoms with Crippen LogP contribution in [0.1, 0.15) is 12.8 Å². The Kier molecular flexibility index (Phi) is 3.45. The van der Waals surface area contributed by atoms with Gasteiger partial charge in [-0.05, 0) is 31.0 Å². The molecular formula is C10H14N2O4S2. The fourth-order valence-corrected chi connectivity index (χ4v) is 4.09. The van der Waals surface area contributed by atoms with Crippen LogP contribution in [0.15, 0.2) is 34.1 Å². The summed E-state index contributed by atoms with van der Waals surface area (Å²) in [5.74, 6) is 0. The molecule has 2 N–H and O–H groups in total. The molecule has 0 unspecified atom stereocenters. The van der Waals surface area contributed by atoms with Crippen molar-refractivity contribution in [1.29, 1.82) is 0 Å². The van der Waals surface area contributed by atoms with Gasteiger partial charge in [-0.2, -0.15) is 4.31 Å². The van der Waals surface area contributed by atoms with Crippen LogP contribution in [-0.4, -0.2) is 34.2 Å². The summed E-state index contributed by atoms with van der Waals surface area (Å²) in [6, 6.07) is 5.13. The van der Waals surface area contributed by atoms with Crippen LogP contribution >= 0.6 is 0 Å². The lowest BCUT2D eigenvalue weighted by Crippen LogP contribution is -2.28. The lowest BCUT2D eigenvalue weighted by molar-refractivity contribution is 0.477. The molecule has 1 heterocycles. The van der Waals surface area contributed by atoms with Crippen LogP contribution in [0.3, 0.4) is 0 Å². The molecule has 0 atom stereocenters. The Labute approximate surface area is 107 Å². The van der Waals surface area contributed by atoms with Gasteiger partial charge in [0, 0.05) is 13.1 Å². The van der Waals surface area contributed by atoms with Crippen LogP contribution in [0, 0.1) is 0 Å². The zero-order chi connectivity index (χ0) is 13.4. The molecule has 0 saturated carbocycles. The molecule has 0 spiro atoms. The SMILES string of the molecule is NS(=O)(=O)c1cccc(S(=O)(=O)N2CCCC2)c1. The molecule has 0 aliphatic carbocycles. The van der Waals surface area contributed by atoms with Crippen molar-refractivity contribution < 1.29 is 16.8 Å². The quantitative estimate of drug-likeness (QED) is 0.854. The van der Waals surface area contributed by atoms with Crippen LogP contribution in [0.5, 0.6) is 0 Å². The van der Waals surface area contributed by atoms with E-state index in [9.17, 15) is 16.8 Å². The van der Waals surface area contributed by atoms with Crippen LogP contribution in [-0.2, 0) is 20.0 Å². The van der Waals surface area contributed by atoms with Gasteiger partial charge in [0.25, 0.3) is 0 Å². The summed E-state index contributed by atoms with van der Waals surface area (Å²) < 4.78 is 48.2. The van der Waals surface area contributed by atoms with Gasteiger partial charge in [0.05, 0.1) is 9.79 Å². The highest BCUT2D eigenvalue weighted by molar-refractivity contribution is 7.90. The van der Waals surface area contributed by atoms with E-state index in [-0.39, 0.29) is 9.79 Å². The normalized spacial score (nSPS) is 18.1. The predicted molar refractivity (Wildman–Crippen MR) is 65.8 cm³/mol. The molecule has 100 valence electrons. The van der Waals surface area contributed by atoms with Gasteiger partial charge in [-0.15, -0.1) is 0 Å². The van der Waals surface area contributed by atoms with Crippen molar-refractivity contribution in [3.8, 4) is 0 Å². The zero-order valence-corrected chi connectivity index (χ0v) is 11.2. The Morgan fingerprint density at radius 2 is 1.56 bits per heavy atom. The van der Waals surface area contributed by atoms with Gasteiger partial charge >= 0.3 is 0 Å². The Balaban J connectivity index is 2.45. The number of nitrogens with zero attached hydrogens (tertiary/aromatic N) is 1. The molecule has 8 heteroatoms. The predicted octanol–water partition coefficient (Wildman–Crippen LogP) is 0.119. The number of hydrogen-bond acceptors (Lipinski definition) is 4. The maximum absolute atomic E-state index is 12.2. The lowest BCUT2D eigenvalue weighted by Gasteiger charge is -2.15. The molecule has 0 bridgehead atoms. The summed E-state index contributed by atoms with van der Waals surface area (Å²) in [6.45, 7) is 0.948. The standard InChI is InChI=1S/C10H14N2O4S2/c11-17(13,14)9-4-3-5-10(8-9)18(15,16)12-6-1-2-7-12/h3-5,8H,1-2,6-7H2,(H2,11,13,14). The minimum atomic E-state index is -3.89. The monoisotopic (exact) mass is 290 g/mol. The first-order chi connectivity index (χ1) is 8.32. The largest absolute Gasteiger partial charge is 0.243 e. The maximum atomic E-state index is 12.2. The Morgan fingerprint density at radius 1 is 1.00 bits per heavy atom. The van der Waals surface area contributed by atoms with Crippen LogP contribution < -0.4 is 5.14 Å². The van der Waals surface area contributed by atoms with Crippen LogP contribution in [0.2, 0.25) is 0 Å². The number of rotatable bonds is 3. The van der Waals surface area contributed by atoms with E-state index in [0.29, 0.717) is 13.1 Å². The number of hydrogen-bond donors (Lipinski definition) is 1. The van der Waals surface area contributed by atoms with Gasteiger partial charge in [0.2, 0.25) is 20.0 Å². The van der Waals surface area contributed by atoms with E-state index in [2.05, 4.69) is 0 Å². The highest BCUT2D eigenvalue weighted by Gasteiger charge is 2.27. The van der Waals surface area contributed by atoms with Crippen molar-refractivity contribution in [2.45, 2.75) is 22.6 Å². The number of benzene rings is 1. The average molecular weight is 290 g/mol. The van der Waals surface area contributed by atoms with E-state index in [1.54, 1.807) is 0 Å². The minimum absolute atomic E-state index is 0.0316. The third kappa shape index (κ3) is 2.56. The summed E-state index contributed by atoms with van der Waals surface area (Å²) in [7, 11) is -7.50. The molecule has 1 aromatic carbocycles. The van der Waals surface area contributed by atoms with E-state index in [1.807, 2.05) is 0 Å². The van der Waals surface area contributed by atoms with Crippen molar-refractivity contribution in [2.75, 3.05) is 13.1 Å². The summed E-state index contributed by atoms with van der Waals surface area (Å²) in [5.41, 5.74) is 0. The van der Waals surface area contributed by atoms with Crippen molar-refractivity contribution in [3.05, 3.63) is 24.3 Å². The second-order valence-corrected chi connectivity index (χ2v) is 7.63. The first-order valence-electron chi connectivity index (χ1n) is 5.45. The summed E-state index contributed by atoms with van der Waals surface area (Å²) >= 11 is 0. The van der Waals surface area contributed by atoms with E-state index in [0.717, 1.165) is 18.9 Å². The number of sulfonamides is 2. The number of nitrogens with two attached hydrogens (primary N) is 1. The van der Waals surface area contributed by atoms with Gasteiger partial charge in [-0.25, -0.2) is 22.0 Å². The zero-order valence-electron chi connectivity index (χ0n) is 9.61. The summed E-state index contributed by atoms with van der Waals surface area (Å²) in [6.07, 6.45) is 1.65. The Hall–Kier alpha value is -0.960. The van der Waals surface area contributed by atoms with Gasteiger partial charge in [0.1, 0.15) is 0 Å². The Morgan fingerprint density at radius 3 is 2.11 bits per heavy atom. The fourth-order valence-electron chi connectivity index (χ4n) is 1.89. The van der Waals surface area contributed by atoms with Gasteiger partial charge in [0.15, 0.2) is 0 Å². The molecular weight excluding hydrogens is 276 g/mol. The third-order valence-corrected chi connectivity index (χ3v) is 5.64. The van der Waals surface area contributed by atoms with E-state index >= 15 is 0 Å². The second-order valence-electron chi connectivity index (χ2n) is 4.13. The third-order valence-electron chi connectivity index (χ3n) is 2.84. The van der Waals surface area contributed by atoms with Gasteiger partial charge < -0.3 is 0 Å². The Bertz CT molecular complexity index is 646. The van der Waals surface area contributed by atoms with Gasteiger partial charge in [-0.3, -0.25) is 0 Å². The molecule has 0 aromatic heterocycles. The number of primary sulfonamides is 1. The fraction of sp³-hybridized carbons (Fsp3) is 0.400. The molecule has 6 nitrogen and oxygen atoms in total. The molecule has 0 radical (unpaired) electrons. The lowest BCUT2D eigenvalue weighted by atomic mass is 10.4. The van der Waals surface area contributed by atoms with Crippen LogP contribution in [0.4, 0.5) is 0 Å². The smallest absolute Gasteiger partial charge is 0.225 e. The minimum Gasteiger partial charge on any atom is -0.225 e. The second kappa shape index (κ2) is 4.61. The highest BCUT2D eigenvalue weighted by Crippen LogP contribution is 2.22. The maximum Gasteiger partial charge on any atom is 0.243 e. The molecule has 1 aromatic rings. The van der Waals surface area contributed by atoms with Crippen molar-refractivity contribution in [3.63, 3.8) is 0 Å². The van der Waals surface area contributed by atoms with E-state index in [1.165, 1.54) is 22.5 Å². The molecule has 18 heavy (non-hydrogen) atoms. The van der Waals surface area contributed by atoms with Crippen molar-refractivity contribution in [1.82, 2.24) is 4.31 Å². The van der Waals surface area contributed by atoms with E-state index in [4.69, 9.17) is 5.14 Å². The highest BCUT2D eigenvalue weighted by atomic mass is 32.2. The van der Waals surface area contributed by atoms with Gasteiger partial charge in [-0.1, -0.05) is 6.07 Å². The molecule has 0 amide bonds.